The lowest BCUT2D eigenvalue weighted by atomic mass is 10.1. The summed E-state index contributed by atoms with van der Waals surface area (Å²) in [6, 6.07) is 11.8. The highest BCUT2D eigenvalue weighted by Gasteiger charge is 2.26. The van der Waals surface area contributed by atoms with Crippen molar-refractivity contribution in [2.24, 2.45) is 0 Å². The quantitative estimate of drug-likeness (QED) is 0.860. The molecule has 0 saturated heterocycles. The molecule has 2 aromatic rings. The summed E-state index contributed by atoms with van der Waals surface area (Å²) >= 11 is 0. The van der Waals surface area contributed by atoms with E-state index in [4.69, 9.17) is 4.74 Å². The van der Waals surface area contributed by atoms with Gasteiger partial charge in [-0.05, 0) is 17.7 Å². The zero-order valence-electron chi connectivity index (χ0n) is 11.3. The fraction of sp³-hybridized carbons (Fsp3) is 0.200. The fourth-order valence-corrected chi connectivity index (χ4v) is 1.91. The van der Waals surface area contributed by atoms with Gasteiger partial charge in [0.2, 0.25) is 0 Å². The average Bonchev–Trinajstić information content (AvgIpc) is 2.49. The summed E-state index contributed by atoms with van der Waals surface area (Å²) in [5.41, 5.74) is 0.711. The molecule has 0 spiro atoms. The van der Waals surface area contributed by atoms with Crippen molar-refractivity contribution in [1.82, 2.24) is 4.98 Å². The van der Waals surface area contributed by atoms with E-state index in [0.717, 1.165) is 4.90 Å². The van der Waals surface area contributed by atoms with Crippen molar-refractivity contribution in [2.75, 3.05) is 19.1 Å². The van der Waals surface area contributed by atoms with Crippen molar-refractivity contribution in [3.63, 3.8) is 0 Å². The number of rotatable bonds is 4. The van der Waals surface area contributed by atoms with Gasteiger partial charge < -0.3 is 4.74 Å². The highest BCUT2D eigenvalue weighted by Crippen LogP contribution is 2.22. The van der Waals surface area contributed by atoms with Crippen LogP contribution in [0.2, 0.25) is 0 Å². The van der Waals surface area contributed by atoms with Crippen LogP contribution in [-0.4, -0.2) is 25.0 Å². The number of pyridine rings is 1. The second-order valence-corrected chi connectivity index (χ2v) is 4.23. The highest BCUT2D eigenvalue weighted by molar-refractivity contribution is 5.96. The molecule has 4 nitrogen and oxygen atoms in total. The van der Waals surface area contributed by atoms with Crippen LogP contribution < -0.4 is 4.90 Å². The standard InChI is InChI=1S/C15H15FN2O2/c1-18(14-12(16)9-6-10-17-14)15(19)13(20-2)11-7-4-3-5-8-11/h3-10,13H,1-2H3/t13-/m1/s1. The monoisotopic (exact) mass is 274 g/mol. The molecular formula is C15H15FN2O2. The number of hydrogen-bond acceptors (Lipinski definition) is 3. The van der Waals surface area contributed by atoms with Gasteiger partial charge in [0, 0.05) is 20.4 Å². The maximum atomic E-state index is 13.7. The number of nitrogens with zero attached hydrogens (tertiary/aromatic N) is 2. The van der Waals surface area contributed by atoms with Gasteiger partial charge in [-0.3, -0.25) is 9.69 Å². The Balaban J connectivity index is 2.28. The minimum atomic E-state index is -0.789. The number of carbonyl (C=O) groups excluding carboxylic acids is 1. The molecule has 1 heterocycles. The van der Waals surface area contributed by atoms with Crippen molar-refractivity contribution in [3.05, 3.63) is 60.0 Å². The molecule has 1 amide bonds. The Morgan fingerprint density at radius 1 is 1.25 bits per heavy atom. The van der Waals surface area contributed by atoms with E-state index in [-0.39, 0.29) is 11.7 Å². The van der Waals surface area contributed by atoms with Gasteiger partial charge in [0.05, 0.1) is 0 Å². The number of anilines is 1. The number of benzene rings is 1. The van der Waals surface area contributed by atoms with Gasteiger partial charge in [0.25, 0.3) is 5.91 Å². The summed E-state index contributed by atoms with van der Waals surface area (Å²) in [5, 5.41) is 0. The van der Waals surface area contributed by atoms with Crippen LogP contribution in [0.25, 0.3) is 0 Å². The molecule has 0 aliphatic rings. The Bertz CT molecular complexity index is 589. The first-order valence-electron chi connectivity index (χ1n) is 6.11. The zero-order valence-corrected chi connectivity index (χ0v) is 11.3. The third kappa shape index (κ3) is 2.83. The fourth-order valence-electron chi connectivity index (χ4n) is 1.91. The number of halogens is 1. The number of ether oxygens (including phenoxy) is 1. The van der Waals surface area contributed by atoms with Gasteiger partial charge in [-0.1, -0.05) is 30.3 Å². The van der Waals surface area contributed by atoms with Crippen LogP contribution >= 0.6 is 0 Å². The Hall–Kier alpha value is -2.27. The zero-order chi connectivity index (χ0) is 14.5. The van der Waals surface area contributed by atoms with E-state index >= 15 is 0 Å². The third-order valence-corrected chi connectivity index (χ3v) is 2.95. The molecule has 0 bridgehead atoms. The smallest absolute Gasteiger partial charge is 0.261 e. The van der Waals surface area contributed by atoms with Crippen LogP contribution in [0.1, 0.15) is 11.7 Å². The maximum absolute atomic E-state index is 13.7. The molecule has 1 atom stereocenters. The van der Waals surface area contributed by atoms with Crippen LogP contribution in [0.3, 0.4) is 0 Å². The highest BCUT2D eigenvalue weighted by atomic mass is 19.1. The molecule has 2 rings (SSSR count). The van der Waals surface area contributed by atoms with E-state index in [2.05, 4.69) is 4.98 Å². The van der Waals surface area contributed by atoms with Crippen LogP contribution in [0.5, 0.6) is 0 Å². The summed E-state index contributed by atoms with van der Waals surface area (Å²) < 4.78 is 18.9. The molecule has 0 unspecified atom stereocenters. The van der Waals surface area contributed by atoms with Crippen LogP contribution in [0.4, 0.5) is 10.2 Å². The lowest BCUT2D eigenvalue weighted by Crippen LogP contribution is -2.33. The molecular weight excluding hydrogens is 259 g/mol. The lowest BCUT2D eigenvalue weighted by Gasteiger charge is -2.22. The summed E-state index contributed by atoms with van der Waals surface area (Å²) in [6.45, 7) is 0. The molecule has 5 heteroatoms. The molecule has 0 N–H and O–H groups in total. The van der Waals surface area contributed by atoms with Gasteiger partial charge in [-0.25, -0.2) is 9.37 Å². The predicted molar refractivity (Wildman–Crippen MR) is 73.8 cm³/mol. The minimum Gasteiger partial charge on any atom is -0.367 e. The number of amides is 1. The first kappa shape index (κ1) is 14.1. The second kappa shape index (κ2) is 6.25. The van der Waals surface area contributed by atoms with Crippen LogP contribution in [0, 0.1) is 5.82 Å². The van der Waals surface area contributed by atoms with Gasteiger partial charge >= 0.3 is 0 Å². The Kier molecular flexibility index (Phi) is 4.42. The molecule has 104 valence electrons. The third-order valence-electron chi connectivity index (χ3n) is 2.95. The number of aromatic nitrogens is 1. The molecule has 0 aliphatic carbocycles. The largest absolute Gasteiger partial charge is 0.367 e. The Morgan fingerprint density at radius 3 is 2.55 bits per heavy atom. The summed E-state index contributed by atoms with van der Waals surface area (Å²) in [6.07, 6.45) is 0.648. The summed E-state index contributed by atoms with van der Waals surface area (Å²) in [7, 11) is 2.92. The van der Waals surface area contributed by atoms with Crippen molar-refractivity contribution in [2.45, 2.75) is 6.10 Å². The van der Waals surface area contributed by atoms with E-state index in [1.54, 1.807) is 12.1 Å². The van der Waals surface area contributed by atoms with Gasteiger partial charge in [-0.2, -0.15) is 0 Å². The topological polar surface area (TPSA) is 42.4 Å². The summed E-state index contributed by atoms with van der Waals surface area (Å²) in [5.74, 6) is -0.946. The average molecular weight is 274 g/mol. The van der Waals surface area contributed by atoms with Crippen molar-refractivity contribution in [3.8, 4) is 0 Å². The van der Waals surface area contributed by atoms with E-state index in [1.165, 1.54) is 32.5 Å². The van der Waals surface area contributed by atoms with Gasteiger partial charge in [0.1, 0.15) is 0 Å². The van der Waals surface area contributed by atoms with E-state index < -0.39 is 11.9 Å². The number of carbonyl (C=O) groups is 1. The van der Waals surface area contributed by atoms with Gasteiger partial charge in [-0.15, -0.1) is 0 Å². The lowest BCUT2D eigenvalue weighted by molar-refractivity contribution is -0.128. The molecule has 0 radical (unpaired) electrons. The van der Waals surface area contributed by atoms with E-state index in [9.17, 15) is 9.18 Å². The molecule has 0 aliphatic heterocycles. The molecule has 1 aromatic carbocycles. The van der Waals surface area contributed by atoms with E-state index in [0.29, 0.717) is 5.56 Å². The normalized spacial score (nSPS) is 11.9. The molecule has 0 saturated carbocycles. The van der Waals surface area contributed by atoms with Crippen LogP contribution in [-0.2, 0) is 9.53 Å². The molecule has 1 aromatic heterocycles. The molecule has 0 fully saturated rings. The van der Waals surface area contributed by atoms with Gasteiger partial charge in [0.15, 0.2) is 17.7 Å². The minimum absolute atomic E-state index is 0.0181. The van der Waals surface area contributed by atoms with E-state index in [1.807, 2.05) is 18.2 Å². The number of hydrogen-bond donors (Lipinski definition) is 0. The predicted octanol–water partition coefficient (Wildman–Crippen LogP) is 2.57. The second-order valence-electron chi connectivity index (χ2n) is 4.23. The maximum Gasteiger partial charge on any atom is 0.261 e. The van der Waals surface area contributed by atoms with Crippen LogP contribution in [0.15, 0.2) is 48.7 Å². The van der Waals surface area contributed by atoms with Crippen molar-refractivity contribution < 1.29 is 13.9 Å². The summed E-state index contributed by atoms with van der Waals surface area (Å²) in [4.78, 5) is 17.5. The Morgan fingerprint density at radius 2 is 1.95 bits per heavy atom. The first-order valence-corrected chi connectivity index (χ1v) is 6.11. The number of likely N-dealkylation sites (N-methyl/N-ethyl adjacent to an activating group) is 1. The SMILES string of the molecule is CO[C@@H](C(=O)N(C)c1ncccc1F)c1ccccc1. The van der Waals surface area contributed by atoms with Crippen molar-refractivity contribution >= 4 is 11.7 Å². The molecule has 20 heavy (non-hydrogen) atoms. The van der Waals surface area contributed by atoms with Crippen molar-refractivity contribution in [1.29, 1.82) is 0 Å². The number of methoxy groups -OCH3 is 1. The Labute approximate surface area is 116 Å². The first-order chi connectivity index (χ1) is 9.65.